The van der Waals surface area contributed by atoms with Crippen molar-refractivity contribution in [1.29, 1.82) is 0 Å². The van der Waals surface area contributed by atoms with Crippen molar-refractivity contribution in [2.24, 2.45) is 0 Å². The van der Waals surface area contributed by atoms with Gasteiger partial charge in [0.1, 0.15) is 5.01 Å². The number of nitrogens with zero attached hydrogens (tertiary/aromatic N) is 1. The van der Waals surface area contributed by atoms with E-state index in [0.29, 0.717) is 6.42 Å². The van der Waals surface area contributed by atoms with Gasteiger partial charge in [0.05, 0.1) is 17.0 Å². The van der Waals surface area contributed by atoms with Gasteiger partial charge in [-0.25, -0.2) is 4.98 Å². The molecule has 0 aliphatic rings. The van der Waals surface area contributed by atoms with Crippen LogP contribution in [0.2, 0.25) is 0 Å². The Balaban J connectivity index is 1.76. The average molecular weight is 285 g/mol. The number of aromatic nitrogens is 1. The highest BCUT2D eigenvalue weighted by Gasteiger charge is 2.10. The smallest absolute Gasteiger partial charge is 0.168 e. The number of carbonyl (C=O) groups excluding carboxylic acids is 1. The molecule has 2 nitrogen and oxygen atoms in total. The standard InChI is InChI=1S/C15H11NOS2/c17-13(11-5-2-1-3-6-11)9-12-10-19-15(16-12)14-7-4-8-18-14/h1-8,10H,9H2. The first-order chi connectivity index (χ1) is 9.33. The van der Waals surface area contributed by atoms with Gasteiger partial charge in [0.25, 0.3) is 0 Å². The summed E-state index contributed by atoms with van der Waals surface area (Å²) < 4.78 is 0. The van der Waals surface area contributed by atoms with Crippen molar-refractivity contribution in [3.63, 3.8) is 0 Å². The van der Waals surface area contributed by atoms with Gasteiger partial charge >= 0.3 is 0 Å². The van der Waals surface area contributed by atoms with E-state index in [2.05, 4.69) is 4.98 Å². The summed E-state index contributed by atoms with van der Waals surface area (Å²) in [6.07, 6.45) is 0.367. The molecule has 0 aliphatic carbocycles. The van der Waals surface area contributed by atoms with E-state index in [9.17, 15) is 4.79 Å². The van der Waals surface area contributed by atoms with Crippen LogP contribution in [-0.4, -0.2) is 10.8 Å². The molecule has 0 amide bonds. The van der Waals surface area contributed by atoms with Crippen molar-refractivity contribution >= 4 is 28.5 Å². The van der Waals surface area contributed by atoms with Crippen LogP contribution in [-0.2, 0) is 6.42 Å². The van der Waals surface area contributed by atoms with E-state index in [-0.39, 0.29) is 5.78 Å². The maximum Gasteiger partial charge on any atom is 0.168 e. The highest BCUT2D eigenvalue weighted by atomic mass is 32.1. The molecule has 2 heterocycles. The SMILES string of the molecule is O=C(Cc1csc(-c2cccs2)n1)c1ccccc1. The molecule has 0 bridgehead atoms. The second-order valence-corrected chi connectivity index (χ2v) is 5.89. The quantitative estimate of drug-likeness (QED) is 0.669. The number of benzene rings is 1. The molecule has 0 N–H and O–H groups in total. The average Bonchev–Trinajstić information content (AvgIpc) is 3.10. The first kappa shape index (κ1) is 12.3. The Morgan fingerprint density at radius 1 is 1.05 bits per heavy atom. The van der Waals surface area contributed by atoms with Gasteiger partial charge in [-0.05, 0) is 11.4 Å². The number of ketones is 1. The highest BCUT2D eigenvalue weighted by molar-refractivity contribution is 7.20. The minimum atomic E-state index is 0.114. The molecular weight excluding hydrogens is 274 g/mol. The fraction of sp³-hybridized carbons (Fsp3) is 0.0667. The third-order valence-electron chi connectivity index (χ3n) is 2.72. The van der Waals surface area contributed by atoms with Crippen molar-refractivity contribution in [3.05, 3.63) is 64.5 Å². The number of carbonyl (C=O) groups is 1. The fourth-order valence-electron chi connectivity index (χ4n) is 1.79. The van der Waals surface area contributed by atoms with Crippen molar-refractivity contribution in [2.45, 2.75) is 6.42 Å². The number of rotatable bonds is 4. The molecule has 0 saturated heterocycles. The lowest BCUT2D eigenvalue weighted by atomic mass is 10.1. The van der Waals surface area contributed by atoms with Crippen LogP contribution < -0.4 is 0 Å². The van der Waals surface area contributed by atoms with E-state index in [4.69, 9.17) is 0 Å². The molecule has 19 heavy (non-hydrogen) atoms. The van der Waals surface area contributed by atoms with Gasteiger partial charge in [0, 0.05) is 10.9 Å². The fourth-order valence-corrected chi connectivity index (χ4v) is 3.43. The lowest BCUT2D eigenvalue weighted by molar-refractivity contribution is 0.0992. The molecular formula is C15H11NOS2. The van der Waals surface area contributed by atoms with Gasteiger partial charge in [-0.3, -0.25) is 4.79 Å². The number of hydrogen-bond acceptors (Lipinski definition) is 4. The highest BCUT2D eigenvalue weighted by Crippen LogP contribution is 2.28. The van der Waals surface area contributed by atoms with E-state index in [1.807, 2.05) is 53.2 Å². The molecule has 4 heteroatoms. The Morgan fingerprint density at radius 2 is 1.89 bits per heavy atom. The van der Waals surface area contributed by atoms with Gasteiger partial charge in [-0.15, -0.1) is 22.7 Å². The number of Topliss-reactive ketones (excluding diaryl/α,β-unsaturated/α-hetero) is 1. The van der Waals surface area contributed by atoms with Crippen molar-refractivity contribution in [3.8, 4) is 9.88 Å². The van der Waals surface area contributed by atoms with Crippen LogP contribution >= 0.6 is 22.7 Å². The summed E-state index contributed by atoms with van der Waals surface area (Å²) >= 11 is 3.26. The number of hydrogen-bond donors (Lipinski definition) is 0. The Bertz CT molecular complexity index is 671. The Labute approximate surface area is 119 Å². The summed E-state index contributed by atoms with van der Waals surface area (Å²) in [4.78, 5) is 17.8. The predicted molar refractivity (Wildman–Crippen MR) is 79.9 cm³/mol. The Morgan fingerprint density at radius 3 is 2.63 bits per heavy atom. The monoisotopic (exact) mass is 285 g/mol. The van der Waals surface area contributed by atoms with E-state index >= 15 is 0 Å². The van der Waals surface area contributed by atoms with Crippen LogP contribution in [0.3, 0.4) is 0 Å². The van der Waals surface area contributed by atoms with Crippen LogP contribution in [0.4, 0.5) is 0 Å². The molecule has 0 atom stereocenters. The van der Waals surface area contributed by atoms with E-state index in [1.54, 1.807) is 22.7 Å². The summed E-state index contributed by atoms with van der Waals surface area (Å²) in [6.45, 7) is 0. The molecule has 3 rings (SSSR count). The molecule has 0 unspecified atom stereocenters. The third kappa shape index (κ3) is 2.80. The largest absolute Gasteiger partial charge is 0.294 e. The second kappa shape index (κ2) is 5.47. The van der Waals surface area contributed by atoms with Crippen LogP contribution in [0.15, 0.2) is 53.2 Å². The normalized spacial score (nSPS) is 10.5. The van der Waals surface area contributed by atoms with Crippen molar-refractivity contribution in [1.82, 2.24) is 4.98 Å². The summed E-state index contributed by atoms with van der Waals surface area (Å²) in [7, 11) is 0. The molecule has 1 aromatic carbocycles. The summed E-state index contributed by atoms with van der Waals surface area (Å²) in [5.74, 6) is 0.114. The topological polar surface area (TPSA) is 30.0 Å². The molecule has 0 fully saturated rings. The predicted octanol–water partition coefficient (Wildman–Crippen LogP) is 4.30. The lowest BCUT2D eigenvalue weighted by Crippen LogP contribution is -2.03. The maximum atomic E-state index is 12.1. The summed E-state index contributed by atoms with van der Waals surface area (Å²) in [5, 5.41) is 4.99. The van der Waals surface area contributed by atoms with E-state index in [0.717, 1.165) is 21.1 Å². The molecule has 0 radical (unpaired) electrons. The van der Waals surface area contributed by atoms with Crippen molar-refractivity contribution < 1.29 is 4.79 Å². The lowest BCUT2D eigenvalue weighted by Gasteiger charge is -1.97. The molecule has 3 aromatic rings. The van der Waals surface area contributed by atoms with Gasteiger partial charge in [0.15, 0.2) is 5.78 Å². The molecule has 0 saturated carbocycles. The second-order valence-electron chi connectivity index (χ2n) is 4.09. The van der Waals surface area contributed by atoms with Crippen LogP contribution in [0.5, 0.6) is 0 Å². The van der Waals surface area contributed by atoms with Gasteiger partial charge < -0.3 is 0 Å². The minimum Gasteiger partial charge on any atom is -0.294 e. The van der Waals surface area contributed by atoms with E-state index < -0.39 is 0 Å². The molecule has 0 spiro atoms. The Hall–Kier alpha value is -1.78. The Kier molecular flexibility index (Phi) is 3.53. The molecule has 2 aromatic heterocycles. The third-order valence-corrected chi connectivity index (χ3v) is 4.65. The molecule has 94 valence electrons. The zero-order valence-corrected chi connectivity index (χ0v) is 11.7. The summed E-state index contributed by atoms with van der Waals surface area (Å²) in [5.41, 5.74) is 1.59. The van der Waals surface area contributed by atoms with Crippen LogP contribution in [0.1, 0.15) is 16.1 Å². The first-order valence-corrected chi connectivity index (χ1v) is 7.65. The van der Waals surface area contributed by atoms with Gasteiger partial charge in [-0.1, -0.05) is 36.4 Å². The first-order valence-electron chi connectivity index (χ1n) is 5.89. The zero-order valence-electron chi connectivity index (χ0n) is 10.1. The number of thiophene rings is 1. The summed E-state index contributed by atoms with van der Waals surface area (Å²) in [6, 6.07) is 13.4. The van der Waals surface area contributed by atoms with Gasteiger partial charge in [0.2, 0.25) is 0 Å². The van der Waals surface area contributed by atoms with Gasteiger partial charge in [-0.2, -0.15) is 0 Å². The van der Waals surface area contributed by atoms with E-state index in [1.165, 1.54) is 0 Å². The van der Waals surface area contributed by atoms with Crippen LogP contribution in [0.25, 0.3) is 9.88 Å². The van der Waals surface area contributed by atoms with Crippen LogP contribution in [0, 0.1) is 0 Å². The molecule has 0 aliphatic heterocycles. The minimum absolute atomic E-state index is 0.114. The maximum absolute atomic E-state index is 12.1. The number of thiazole rings is 1. The zero-order chi connectivity index (χ0) is 13.1. The van der Waals surface area contributed by atoms with Crippen molar-refractivity contribution in [2.75, 3.05) is 0 Å².